The van der Waals surface area contributed by atoms with E-state index >= 15 is 0 Å². The Kier molecular flexibility index (Phi) is 10.3. The van der Waals surface area contributed by atoms with Crippen LogP contribution in [-0.4, -0.2) is 11.3 Å². The topological polar surface area (TPSA) is 27.8 Å². The predicted octanol–water partition coefficient (Wildman–Crippen LogP) is 19.7. The Hall–Kier alpha value is -10.0. The van der Waals surface area contributed by atoms with Crippen molar-refractivity contribution < 1.29 is 4.42 Å². The number of nitrogens with zero attached hydrogens (tertiary/aromatic N) is 4. The number of hydrogen-bond donors (Lipinski definition) is 0. The second-order valence-electron chi connectivity index (χ2n) is 25.3. The molecular formula is C78H59BN4O. The third kappa shape index (κ3) is 7.10. The van der Waals surface area contributed by atoms with Gasteiger partial charge in [-0.1, -0.05) is 187 Å². The smallest absolute Gasteiger partial charge is 0.252 e. The Balaban J connectivity index is 0.962. The molecule has 4 heterocycles. The maximum atomic E-state index is 6.51. The Labute approximate surface area is 489 Å². The van der Waals surface area contributed by atoms with Gasteiger partial charge in [0.2, 0.25) is 0 Å². The number of furan rings is 1. The summed E-state index contributed by atoms with van der Waals surface area (Å²) in [5, 5.41) is 12.1. The molecule has 2 aliphatic heterocycles. The van der Waals surface area contributed by atoms with E-state index in [0.717, 1.165) is 61.8 Å². The second kappa shape index (κ2) is 17.7. The van der Waals surface area contributed by atoms with Crippen LogP contribution >= 0.6 is 0 Å². The van der Waals surface area contributed by atoms with Gasteiger partial charge < -0.3 is 23.7 Å². The van der Waals surface area contributed by atoms with Crippen molar-refractivity contribution in [3.63, 3.8) is 0 Å². The maximum absolute atomic E-state index is 6.51. The van der Waals surface area contributed by atoms with Crippen molar-refractivity contribution in [3.8, 4) is 5.69 Å². The number of benzene rings is 13. The summed E-state index contributed by atoms with van der Waals surface area (Å²) in [6, 6.07) is 93.4. The van der Waals surface area contributed by atoms with Crippen LogP contribution in [0.3, 0.4) is 0 Å². The van der Waals surface area contributed by atoms with Crippen molar-refractivity contribution in [3.05, 3.63) is 260 Å². The zero-order valence-electron chi connectivity index (χ0n) is 47.9. The van der Waals surface area contributed by atoms with Crippen molar-refractivity contribution in [2.75, 3.05) is 14.7 Å². The molecule has 0 N–H and O–H groups in total. The van der Waals surface area contributed by atoms with Crippen LogP contribution in [0.15, 0.2) is 253 Å². The van der Waals surface area contributed by atoms with E-state index in [4.69, 9.17) is 4.42 Å². The summed E-state index contributed by atoms with van der Waals surface area (Å²) in [5.74, 6) is 0. The van der Waals surface area contributed by atoms with Crippen LogP contribution in [0.25, 0.3) is 81.7 Å². The van der Waals surface area contributed by atoms with Crippen LogP contribution in [0, 0.1) is 0 Å². The molecule has 0 unspecified atom stereocenters. The second-order valence-corrected chi connectivity index (χ2v) is 25.3. The highest BCUT2D eigenvalue weighted by Gasteiger charge is 2.45. The average molecular weight is 1080 g/mol. The molecule has 0 saturated carbocycles. The number of aromatic nitrogens is 1. The molecule has 400 valence electrons. The van der Waals surface area contributed by atoms with Crippen molar-refractivity contribution in [1.82, 2.24) is 4.57 Å². The molecule has 0 fully saturated rings. The summed E-state index contributed by atoms with van der Waals surface area (Å²) in [6.07, 6.45) is 0. The fourth-order valence-corrected chi connectivity index (χ4v) is 14.4. The van der Waals surface area contributed by atoms with Gasteiger partial charge in [0.05, 0.1) is 22.4 Å². The van der Waals surface area contributed by atoms with Gasteiger partial charge in [-0.15, -0.1) is 0 Å². The Morgan fingerprint density at radius 3 is 1.69 bits per heavy atom. The van der Waals surface area contributed by atoms with Crippen LogP contribution in [0.1, 0.15) is 52.7 Å². The molecule has 0 radical (unpaired) electrons. The summed E-state index contributed by atoms with van der Waals surface area (Å²) >= 11 is 0. The minimum atomic E-state index is -0.120. The lowest BCUT2D eigenvalue weighted by atomic mass is 9.33. The summed E-state index contributed by atoms with van der Waals surface area (Å²) in [7, 11) is 0. The van der Waals surface area contributed by atoms with E-state index in [-0.39, 0.29) is 17.5 Å². The molecule has 5 nitrogen and oxygen atoms in total. The Bertz CT molecular complexity index is 5160. The molecule has 13 aromatic carbocycles. The number of rotatable bonds is 6. The number of hydrogen-bond acceptors (Lipinski definition) is 4. The average Bonchev–Trinajstić information content (AvgIpc) is 1.15. The standard InChI is InChI=1S/C78H59BN4O/c1-77(2,3)51-30-34-54(35-31-51)82-67-23-15-24-68-75(67)79(63-42-44-66-74(76(63)83(68)55-36-32-52(33-37-55)78(4,5)6)59-21-10-12-22-64(59)81(66)53-18-8-7-9-19-53)62-41-38-57(47-69(62)82)80(56-39-45-71-61(46-56)58-20-11-13-25-70(58)84-71)65-43-29-50-27-26-48-16-14-17-49-28-40-60(65)73(50)72(48)49/h7-47H,1-6H3. The largest absolute Gasteiger partial charge is 0.456 e. The van der Waals surface area contributed by atoms with Gasteiger partial charge in [-0.2, -0.15) is 0 Å². The highest BCUT2D eigenvalue weighted by atomic mass is 16.3. The van der Waals surface area contributed by atoms with E-state index in [2.05, 4.69) is 310 Å². The maximum Gasteiger partial charge on any atom is 0.252 e. The van der Waals surface area contributed by atoms with Gasteiger partial charge in [-0.25, -0.2) is 0 Å². The summed E-state index contributed by atoms with van der Waals surface area (Å²) < 4.78 is 8.97. The Morgan fingerprint density at radius 1 is 0.369 bits per heavy atom. The summed E-state index contributed by atoms with van der Waals surface area (Å²) in [5.41, 5.74) is 21.8. The molecule has 0 bridgehead atoms. The summed E-state index contributed by atoms with van der Waals surface area (Å²) in [4.78, 5) is 7.65. The predicted molar refractivity (Wildman–Crippen MR) is 358 cm³/mol. The third-order valence-corrected chi connectivity index (χ3v) is 18.4. The first-order valence-electron chi connectivity index (χ1n) is 29.5. The van der Waals surface area contributed by atoms with Gasteiger partial charge in [0.15, 0.2) is 0 Å². The van der Waals surface area contributed by atoms with E-state index in [1.807, 2.05) is 0 Å². The highest BCUT2D eigenvalue weighted by molar-refractivity contribution is 7.00. The van der Waals surface area contributed by atoms with E-state index < -0.39 is 0 Å². The number of fused-ring (bicyclic) bond motifs is 11. The molecule has 0 atom stereocenters. The van der Waals surface area contributed by atoms with Gasteiger partial charge in [-0.05, 0) is 168 Å². The van der Waals surface area contributed by atoms with Crippen molar-refractivity contribution >= 4 is 150 Å². The first kappa shape index (κ1) is 48.7. The van der Waals surface area contributed by atoms with Crippen molar-refractivity contribution in [2.24, 2.45) is 0 Å². The zero-order valence-corrected chi connectivity index (χ0v) is 47.9. The molecule has 2 aromatic heterocycles. The minimum Gasteiger partial charge on any atom is -0.456 e. The SMILES string of the molecule is CC(C)(C)c1ccc(N2c3cc(N(c4ccc5oc6ccccc6c5c4)c4ccc5ccc6cccc7ccc4c5c67)ccc3B3c4ccc5c(c4N(c4ccc(C(C)(C)C)cc4)c4cccc2c43)c2ccccc2n5-c2ccccc2)cc1. The van der Waals surface area contributed by atoms with Crippen LogP contribution in [-0.2, 0) is 10.8 Å². The van der Waals surface area contributed by atoms with Crippen LogP contribution < -0.4 is 31.1 Å². The minimum absolute atomic E-state index is 0.00670. The van der Waals surface area contributed by atoms with Crippen molar-refractivity contribution in [1.29, 1.82) is 0 Å². The number of anilines is 9. The molecule has 0 spiro atoms. The van der Waals surface area contributed by atoms with Gasteiger partial charge >= 0.3 is 0 Å². The highest BCUT2D eigenvalue weighted by Crippen LogP contribution is 2.51. The first-order valence-corrected chi connectivity index (χ1v) is 29.5. The first-order chi connectivity index (χ1) is 40.9. The molecule has 2 aliphatic rings. The molecule has 6 heteroatoms. The van der Waals surface area contributed by atoms with Gasteiger partial charge in [0, 0.05) is 72.4 Å². The third-order valence-electron chi connectivity index (χ3n) is 18.4. The zero-order chi connectivity index (χ0) is 56.3. The molecule has 0 amide bonds. The summed E-state index contributed by atoms with van der Waals surface area (Å²) in [6.45, 7) is 13.7. The Morgan fingerprint density at radius 2 is 0.952 bits per heavy atom. The lowest BCUT2D eigenvalue weighted by molar-refractivity contribution is 0.590. The molecule has 17 rings (SSSR count). The fourth-order valence-electron chi connectivity index (χ4n) is 14.4. The van der Waals surface area contributed by atoms with Gasteiger partial charge in [0.1, 0.15) is 11.2 Å². The molecular weight excluding hydrogens is 1020 g/mol. The lowest BCUT2D eigenvalue weighted by Gasteiger charge is -2.44. The van der Waals surface area contributed by atoms with E-state index in [9.17, 15) is 0 Å². The van der Waals surface area contributed by atoms with Crippen molar-refractivity contribution in [2.45, 2.75) is 52.4 Å². The molecule has 0 aliphatic carbocycles. The van der Waals surface area contributed by atoms with Gasteiger partial charge in [-0.3, -0.25) is 0 Å². The molecule has 15 aromatic rings. The van der Waals surface area contributed by atoms with E-state index in [1.54, 1.807) is 0 Å². The lowest BCUT2D eigenvalue weighted by Crippen LogP contribution is -2.61. The van der Waals surface area contributed by atoms with Gasteiger partial charge in [0.25, 0.3) is 6.71 Å². The number of para-hydroxylation sites is 3. The van der Waals surface area contributed by atoms with Crippen LogP contribution in [0.4, 0.5) is 51.2 Å². The normalized spacial score (nSPS) is 13.3. The van der Waals surface area contributed by atoms with Crippen LogP contribution in [0.2, 0.25) is 0 Å². The molecule has 84 heavy (non-hydrogen) atoms. The van der Waals surface area contributed by atoms with E-state index in [0.29, 0.717) is 0 Å². The fraction of sp³-hybridized carbons (Fsp3) is 0.103. The van der Waals surface area contributed by atoms with Crippen LogP contribution in [0.5, 0.6) is 0 Å². The monoisotopic (exact) mass is 1080 g/mol. The molecule has 0 saturated heterocycles. The quantitative estimate of drug-likeness (QED) is 0.123. The van der Waals surface area contributed by atoms with E-state index in [1.165, 1.54) is 98.7 Å².